The first-order chi connectivity index (χ1) is 13.4. The van der Waals surface area contributed by atoms with E-state index in [1.165, 1.54) is 6.92 Å². The average molecular weight is 445 g/mol. The molecule has 1 unspecified atom stereocenters. The van der Waals surface area contributed by atoms with Gasteiger partial charge in [0.15, 0.2) is 6.10 Å². The number of carbonyl (C=O) groups is 2. The lowest BCUT2D eigenvalue weighted by Gasteiger charge is -2.14. The van der Waals surface area contributed by atoms with Crippen LogP contribution >= 0.6 is 15.9 Å². The Balaban J connectivity index is 1.62. The monoisotopic (exact) mass is 444 g/mol. The van der Waals surface area contributed by atoms with E-state index < -0.39 is 18.0 Å². The Kier molecular flexibility index (Phi) is 6.10. The molecule has 0 bridgehead atoms. The Morgan fingerprint density at radius 3 is 2.43 bits per heavy atom. The van der Waals surface area contributed by atoms with Crippen molar-refractivity contribution in [2.24, 2.45) is 0 Å². The van der Waals surface area contributed by atoms with Gasteiger partial charge in [0.05, 0.1) is 5.52 Å². The van der Waals surface area contributed by atoms with Gasteiger partial charge in [-0.2, -0.15) is 5.48 Å². The van der Waals surface area contributed by atoms with Crippen molar-refractivity contribution in [1.29, 1.82) is 0 Å². The fourth-order valence-corrected chi connectivity index (χ4v) is 2.65. The first-order valence-electron chi connectivity index (χ1n) is 8.39. The first kappa shape index (κ1) is 19.6. The van der Waals surface area contributed by atoms with Crippen molar-refractivity contribution in [1.82, 2.24) is 10.5 Å². The van der Waals surface area contributed by atoms with Gasteiger partial charge in [-0.15, -0.1) is 0 Å². The average Bonchev–Trinajstić information content (AvgIpc) is 2.67. The number of hydroxylamine groups is 1. The number of aromatic nitrogens is 1. The SMILES string of the molecule is CC(=O)ONC(=O)C(C)Oc1ccc(Oc2ccc3ccc(Br)cc3n2)cc1. The number of halogens is 1. The van der Waals surface area contributed by atoms with Crippen LogP contribution in [0.25, 0.3) is 10.9 Å². The summed E-state index contributed by atoms with van der Waals surface area (Å²) in [5.74, 6) is 0.326. The molecule has 0 spiro atoms. The van der Waals surface area contributed by atoms with Crippen molar-refractivity contribution in [2.75, 3.05) is 0 Å². The van der Waals surface area contributed by atoms with Gasteiger partial charge >= 0.3 is 5.97 Å². The second kappa shape index (κ2) is 8.71. The van der Waals surface area contributed by atoms with E-state index in [9.17, 15) is 9.59 Å². The van der Waals surface area contributed by atoms with Gasteiger partial charge in [-0.3, -0.25) is 9.59 Å². The van der Waals surface area contributed by atoms with Crippen LogP contribution in [0, 0.1) is 0 Å². The van der Waals surface area contributed by atoms with Gasteiger partial charge in [0, 0.05) is 22.8 Å². The topological polar surface area (TPSA) is 86.8 Å². The smallest absolute Gasteiger partial charge is 0.329 e. The number of nitrogens with zero attached hydrogens (tertiary/aromatic N) is 1. The molecule has 8 heteroatoms. The van der Waals surface area contributed by atoms with E-state index >= 15 is 0 Å². The molecule has 7 nitrogen and oxygen atoms in total. The summed E-state index contributed by atoms with van der Waals surface area (Å²) in [6.45, 7) is 2.73. The predicted molar refractivity (Wildman–Crippen MR) is 106 cm³/mol. The number of fused-ring (bicyclic) bond motifs is 1. The fourth-order valence-electron chi connectivity index (χ4n) is 2.30. The normalized spacial score (nSPS) is 11.5. The number of pyridine rings is 1. The van der Waals surface area contributed by atoms with E-state index in [0.717, 1.165) is 15.4 Å². The zero-order chi connectivity index (χ0) is 20.1. The number of ether oxygens (including phenoxy) is 2. The summed E-state index contributed by atoms with van der Waals surface area (Å²) >= 11 is 3.43. The van der Waals surface area contributed by atoms with Crippen LogP contribution in [0.15, 0.2) is 59.1 Å². The molecular formula is C20H17BrN2O5. The van der Waals surface area contributed by atoms with Gasteiger partial charge in [0.1, 0.15) is 11.5 Å². The van der Waals surface area contributed by atoms with Crippen molar-refractivity contribution in [3.8, 4) is 17.4 Å². The van der Waals surface area contributed by atoms with Gasteiger partial charge in [0.2, 0.25) is 5.88 Å². The lowest BCUT2D eigenvalue weighted by Crippen LogP contribution is -2.37. The highest BCUT2D eigenvalue weighted by molar-refractivity contribution is 9.10. The second-order valence-corrected chi connectivity index (χ2v) is 6.80. The van der Waals surface area contributed by atoms with Crippen molar-refractivity contribution in [2.45, 2.75) is 20.0 Å². The Hall–Kier alpha value is -3.13. The summed E-state index contributed by atoms with van der Waals surface area (Å²) in [6, 6.07) is 16.3. The molecule has 0 saturated heterocycles. The third kappa shape index (κ3) is 5.20. The number of carbonyl (C=O) groups excluding carboxylic acids is 2. The van der Waals surface area contributed by atoms with E-state index in [2.05, 4.69) is 25.8 Å². The summed E-state index contributed by atoms with van der Waals surface area (Å²) in [6.07, 6.45) is -0.841. The zero-order valence-corrected chi connectivity index (χ0v) is 16.7. The molecule has 0 aliphatic carbocycles. The minimum Gasteiger partial charge on any atom is -0.481 e. The lowest BCUT2D eigenvalue weighted by atomic mass is 10.2. The summed E-state index contributed by atoms with van der Waals surface area (Å²) < 4.78 is 12.2. The van der Waals surface area contributed by atoms with Crippen LogP contribution in [0.1, 0.15) is 13.8 Å². The van der Waals surface area contributed by atoms with Crippen LogP contribution < -0.4 is 15.0 Å². The van der Waals surface area contributed by atoms with E-state index in [1.807, 2.05) is 29.7 Å². The third-order valence-electron chi connectivity index (χ3n) is 3.65. The molecule has 0 aliphatic heterocycles. The summed E-state index contributed by atoms with van der Waals surface area (Å²) in [5.41, 5.74) is 2.83. The fraction of sp³-hybridized carbons (Fsp3) is 0.150. The maximum atomic E-state index is 11.7. The summed E-state index contributed by atoms with van der Waals surface area (Å²) in [4.78, 5) is 31.4. The third-order valence-corrected chi connectivity index (χ3v) is 4.15. The molecule has 0 aliphatic rings. The molecule has 1 amide bonds. The molecule has 1 aromatic heterocycles. The van der Waals surface area contributed by atoms with Crippen LogP contribution in [0.2, 0.25) is 0 Å². The summed E-state index contributed by atoms with van der Waals surface area (Å²) in [5, 5.41) is 1.01. The van der Waals surface area contributed by atoms with Gasteiger partial charge in [-0.25, -0.2) is 4.98 Å². The standard InChI is InChI=1S/C20H17BrN2O5/c1-12(20(25)23-28-13(2)24)26-16-6-8-17(9-7-16)27-19-10-4-14-3-5-15(21)11-18(14)22-19/h3-12H,1-2H3,(H,23,25). The van der Waals surface area contributed by atoms with E-state index in [4.69, 9.17) is 9.47 Å². The van der Waals surface area contributed by atoms with Gasteiger partial charge in [-0.1, -0.05) is 22.0 Å². The van der Waals surface area contributed by atoms with Crippen LogP contribution in [-0.2, 0) is 14.4 Å². The Bertz CT molecular complexity index is 1010. The number of hydrogen-bond donors (Lipinski definition) is 1. The van der Waals surface area contributed by atoms with Crippen LogP contribution in [-0.4, -0.2) is 23.0 Å². The number of nitrogens with one attached hydrogen (secondary N) is 1. The molecule has 0 radical (unpaired) electrons. The molecular weight excluding hydrogens is 428 g/mol. The second-order valence-electron chi connectivity index (χ2n) is 5.88. The highest BCUT2D eigenvalue weighted by Crippen LogP contribution is 2.26. The van der Waals surface area contributed by atoms with Gasteiger partial charge in [0.25, 0.3) is 5.91 Å². The Labute approximate surface area is 169 Å². The lowest BCUT2D eigenvalue weighted by molar-refractivity contribution is -0.158. The maximum Gasteiger partial charge on any atom is 0.329 e. The predicted octanol–water partition coefficient (Wildman–Crippen LogP) is 4.15. The van der Waals surface area contributed by atoms with Gasteiger partial charge in [-0.05, 0) is 49.4 Å². The van der Waals surface area contributed by atoms with Crippen molar-refractivity contribution in [3.05, 3.63) is 59.1 Å². The number of hydrogen-bond acceptors (Lipinski definition) is 6. The highest BCUT2D eigenvalue weighted by Gasteiger charge is 2.15. The summed E-state index contributed by atoms with van der Waals surface area (Å²) in [7, 11) is 0. The van der Waals surface area contributed by atoms with Crippen molar-refractivity contribution < 1.29 is 23.9 Å². The minimum atomic E-state index is -0.841. The van der Waals surface area contributed by atoms with Crippen LogP contribution in [0.4, 0.5) is 0 Å². The highest BCUT2D eigenvalue weighted by atomic mass is 79.9. The molecule has 3 rings (SSSR count). The maximum absolute atomic E-state index is 11.7. The molecule has 0 fully saturated rings. The quantitative estimate of drug-likeness (QED) is 0.594. The first-order valence-corrected chi connectivity index (χ1v) is 9.18. The molecule has 0 saturated carbocycles. The molecule has 1 N–H and O–H groups in total. The van der Waals surface area contributed by atoms with Crippen molar-refractivity contribution >= 4 is 38.7 Å². The van der Waals surface area contributed by atoms with E-state index in [0.29, 0.717) is 17.4 Å². The molecule has 144 valence electrons. The molecule has 1 atom stereocenters. The van der Waals surface area contributed by atoms with E-state index in [1.54, 1.807) is 37.3 Å². The number of benzene rings is 2. The number of rotatable bonds is 5. The Morgan fingerprint density at radius 1 is 1.04 bits per heavy atom. The minimum absolute atomic E-state index is 0.466. The molecule has 1 heterocycles. The molecule has 28 heavy (non-hydrogen) atoms. The molecule has 3 aromatic rings. The Morgan fingerprint density at radius 2 is 1.71 bits per heavy atom. The van der Waals surface area contributed by atoms with E-state index in [-0.39, 0.29) is 0 Å². The number of amides is 1. The van der Waals surface area contributed by atoms with Crippen LogP contribution in [0.3, 0.4) is 0 Å². The largest absolute Gasteiger partial charge is 0.481 e. The zero-order valence-electron chi connectivity index (χ0n) is 15.1. The van der Waals surface area contributed by atoms with Gasteiger partial charge < -0.3 is 14.3 Å². The molecule has 2 aromatic carbocycles. The van der Waals surface area contributed by atoms with Crippen molar-refractivity contribution in [3.63, 3.8) is 0 Å². The van der Waals surface area contributed by atoms with Crippen LogP contribution in [0.5, 0.6) is 17.4 Å².